The van der Waals surface area contributed by atoms with E-state index in [-0.39, 0.29) is 17.5 Å². The molecule has 2 saturated heterocycles. The van der Waals surface area contributed by atoms with Crippen LogP contribution in [0.3, 0.4) is 0 Å². The van der Waals surface area contributed by atoms with Gasteiger partial charge in [0.15, 0.2) is 0 Å². The summed E-state index contributed by atoms with van der Waals surface area (Å²) >= 11 is 6.88. The van der Waals surface area contributed by atoms with Crippen molar-refractivity contribution in [3.8, 4) is 0 Å². The number of hydrogen-bond donors (Lipinski definition) is 0. The van der Waals surface area contributed by atoms with Crippen LogP contribution in [0.2, 0.25) is 0 Å². The lowest BCUT2D eigenvalue weighted by Gasteiger charge is -2.37. The SMILES string of the molecule is O=C1C(=Cc2c(N3CCN(c4ccccc4)CC3)nc3ccccn3c2=O)SC(=S)N1C1CCCC1. The maximum atomic E-state index is 13.7. The summed E-state index contributed by atoms with van der Waals surface area (Å²) in [5, 5.41) is 0. The van der Waals surface area contributed by atoms with Crippen molar-refractivity contribution in [2.45, 2.75) is 31.7 Å². The van der Waals surface area contributed by atoms with E-state index in [1.807, 2.05) is 36.4 Å². The second-order valence-electron chi connectivity index (χ2n) is 9.38. The lowest BCUT2D eigenvalue weighted by Crippen LogP contribution is -2.47. The van der Waals surface area contributed by atoms with Gasteiger partial charge in [-0.1, -0.05) is 61.1 Å². The van der Waals surface area contributed by atoms with Crippen molar-refractivity contribution < 1.29 is 4.79 Å². The van der Waals surface area contributed by atoms with Gasteiger partial charge in [-0.25, -0.2) is 4.98 Å². The molecule has 1 amide bonds. The number of carbonyl (C=O) groups excluding carboxylic acids is 1. The zero-order valence-corrected chi connectivity index (χ0v) is 21.5. The van der Waals surface area contributed by atoms with Crippen molar-refractivity contribution >= 4 is 57.4 Å². The minimum absolute atomic E-state index is 0.0886. The number of hydrogen-bond acceptors (Lipinski definition) is 7. The highest BCUT2D eigenvalue weighted by atomic mass is 32.2. The van der Waals surface area contributed by atoms with Gasteiger partial charge in [-0.3, -0.25) is 18.9 Å². The van der Waals surface area contributed by atoms with Gasteiger partial charge in [-0.2, -0.15) is 0 Å². The van der Waals surface area contributed by atoms with E-state index in [0.29, 0.717) is 26.3 Å². The molecule has 0 radical (unpaired) electrons. The molecule has 1 saturated carbocycles. The van der Waals surface area contributed by atoms with Crippen LogP contribution in [0, 0.1) is 0 Å². The van der Waals surface area contributed by atoms with Gasteiger partial charge >= 0.3 is 0 Å². The number of carbonyl (C=O) groups is 1. The Morgan fingerprint density at radius 2 is 1.61 bits per heavy atom. The van der Waals surface area contributed by atoms with Gasteiger partial charge in [0.25, 0.3) is 11.5 Å². The number of rotatable bonds is 4. The molecule has 184 valence electrons. The number of nitrogens with zero attached hydrogens (tertiary/aromatic N) is 5. The van der Waals surface area contributed by atoms with E-state index >= 15 is 0 Å². The molecular formula is C27H27N5O2S2. The third kappa shape index (κ3) is 4.20. The summed E-state index contributed by atoms with van der Waals surface area (Å²) in [5.41, 5.74) is 2.06. The first-order valence-corrected chi connectivity index (χ1v) is 13.7. The Balaban J connectivity index is 1.36. The Labute approximate surface area is 219 Å². The Hall–Kier alpha value is -3.17. The van der Waals surface area contributed by atoms with E-state index in [0.717, 1.165) is 51.9 Å². The van der Waals surface area contributed by atoms with Gasteiger partial charge < -0.3 is 9.80 Å². The number of para-hydroxylation sites is 1. The van der Waals surface area contributed by atoms with E-state index in [1.54, 1.807) is 21.6 Å². The maximum absolute atomic E-state index is 13.7. The largest absolute Gasteiger partial charge is 0.368 e. The predicted molar refractivity (Wildman–Crippen MR) is 150 cm³/mol. The molecule has 36 heavy (non-hydrogen) atoms. The third-order valence-electron chi connectivity index (χ3n) is 7.24. The van der Waals surface area contributed by atoms with E-state index in [9.17, 15) is 9.59 Å². The second kappa shape index (κ2) is 9.71. The van der Waals surface area contributed by atoms with Crippen LogP contribution >= 0.6 is 24.0 Å². The molecule has 1 aromatic carbocycles. The monoisotopic (exact) mass is 517 g/mol. The molecule has 3 aliphatic rings. The van der Waals surface area contributed by atoms with Gasteiger partial charge in [-0.05, 0) is 43.2 Å². The zero-order chi connectivity index (χ0) is 24.6. The first-order valence-electron chi connectivity index (χ1n) is 12.4. The summed E-state index contributed by atoms with van der Waals surface area (Å²) in [7, 11) is 0. The molecule has 3 aromatic rings. The molecule has 4 heterocycles. The topological polar surface area (TPSA) is 61.2 Å². The quantitative estimate of drug-likeness (QED) is 0.380. The van der Waals surface area contributed by atoms with Crippen molar-refractivity contribution in [2.24, 2.45) is 0 Å². The minimum Gasteiger partial charge on any atom is -0.368 e. The molecule has 2 aliphatic heterocycles. The summed E-state index contributed by atoms with van der Waals surface area (Å²) in [6, 6.07) is 16.1. The Morgan fingerprint density at radius 1 is 0.917 bits per heavy atom. The van der Waals surface area contributed by atoms with Crippen molar-refractivity contribution in [3.63, 3.8) is 0 Å². The van der Waals surface area contributed by atoms with E-state index in [1.165, 1.54) is 17.4 Å². The number of piperazine rings is 1. The molecule has 7 nitrogen and oxygen atoms in total. The smallest absolute Gasteiger partial charge is 0.267 e. The van der Waals surface area contributed by atoms with Crippen LogP contribution in [0.1, 0.15) is 31.2 Å². The van der Waals surface area contributed by atoms with Gasteiger partial charge in [0.05, 0.1) is 10.5 Å². The molecule has 2 aromatic heterocycles. The summed E-state index contributed by atoms with van der Waals surface area (Å²) in [6.07, 6.45) is 7.66. The molecule has 0 unspecified atom stereocenters. The summed E-state index contributed by atoms with van der Waals surface area (Å²) in [6.45, 7) is 3.11. The highest BCUT2D eigenvalue weighted by molar-refractivity contribution is 8.26. The Bertz CT molecular complexity index is 1410. The molecule has 0 spiro atoms. The van der Waals surface area contributed by atoms with Gasteiger partial charge in [0.2, 0.25) is 0 Å². The van der Waals surface area contributed by atoms with Crippen LogP contribution in [0.25, 0.3) is 11.7 Å². The molecule has 0 N–H and O–H groups in total. The van der Waals surface area contributed by atoms with Gasteiger partial charge in [0, 0.05) is 44.1 Å². The van der Waals surface area contributed by atoms with Gasteiger partial charge in [-0.15, -0.1) is 0 Å². The molecule has 6 rings (SSSR count). The van der Waals surface area contributed by atoms with Crippen LogP contribution in [0.4, 0.5) is 11.5 Å². The summed E-state index contributed by atoms with van der Waals surface area (Å²) in [5.74, 6) is 0.541. The minimum atomic E-state index is -0.174. The van der Waals surface area contributed by atoms with Crippen molar-refractivity contribution in [1.82, 2.24) is 14.3 Å². The molecule has 0 bridgehead atoms. The molecular weight excluding hydrogens is 490 g/mol. The predicted octanol–water partition coefficient (Wildman–Crippen LogP) is 4.16. The number of thiocarbonyl (C=S) groups is 1. The van der Waals surface area contributed by atoms with E-state index in [2.05, 4.69) is 21.9 Å². The van der Waals surface area contributed by atoms with Crippen molar-refractivity contribution in [3.05, 3.63) is 75.6 Å². The van der Waals surface area contributed by atoms with Crippen LogP contribution in [-0.2, 0) is 4.79 Å². The number of anilines is 2. The Kier molecular flexibility index (Phi) is 6.27. The first kappa shape index (κ1) is 23.2. The van der Waals surface area contributed by atoms with Crippen LogP contribution in [0.5, 0.6) is 0 Å². The first-order chi connectivity index (χ1) is 17.6. The molecule has 9 heteroatoms. The fourth-order valence-corrected chi connectivity index (χ4v) is 6.74. The third-order valence-corrected chi connectivity index (χ3v) is 8.57. The number of thioether (sulfide) groups is 1. The average Bonchev–Trinajstić information content (AvgIpc) is 3.53. The maximum Gasteiger partial charge on any atom is 0.267 e. The molecule has 0 atom stereocenters. The number of fused-ring (bicyclic) bond motifs is 1. The normalized spacial score (nSPS) is 20.3. The van der Waals surface area contributed by atoms with Crippen LogP contribution in [-0.4, -0.2) is 56.7 Å². The van der Waals surface area contributed by atoms with E-state index < -0.39 is 0 Å². The van der Waals surface area contributed by atoms with E-state index in [4.69, 9.17) is 17.2 Å². The summed E-state index contributed by atoms with van der Waals surface area (Å²) in [4.78, 5) is 38.7. The number of benzene rings is 1. The molecule has 1 aliphatic carbocycles. The lowest BCUT2D eigenvalue weighted by atomic mass is 10.2. The summed E-state index contributed by atoms with van der Waals surface area (Å²) < 4.78 is 2.14. The zero-order valence-electron chi connectivity index (χ0n) is 19.9. The fraction of sp³-hybridized carbons (Fsp3) is 0.333. The fourth-order valence-electron chi connectivity index (χ4n) is 5.36. The number of pyridine rings is 1. The average molecular weight is 518 g/mol. The van der Waals surface area contributed by atoms with Crippen LogP contribution < -0.4 is 15.4 Å². The number of aromatic nitrogens is 2. The Morgan fingerprint density at radius 3 is 2.36 bits per heavy atom. The lowest BCUT2D eigenvalue weighted by molar-refractivity contribution is -0.123. The van der Waals surface area contributed by atoms with Crippen molar-refractivity contribution in [1.29, 1.82) is 0 Å². The van der Waals surface area contributed by atoms with Gasteiger partial charge in [0.1, 0.15) is 15.8 Å². The highest BCUT2D eigenvalue weighted by Crippen LogP contribution is 2.38. The number of amides is 1. The highest BCUT2D eigenvalue weighted by Gasteiger charge is 2.38. The van der Waals surface area contributed by atoms with Crippen molar-refractivity contribution in [2.75, 3.05) is 36.0 Å². The van der Waals surface area contributed by atoms with Crippen LogP contribution in [0.15, 0.2) is 64.4 Å². The second-order valence-corrected chi connectivity index (χ2v) is 11.1. The molecule has 3 fully saturated rings. The standard InChI is InChI=1S/C27H27N5O2S2/c33-25-21(18-22-26(34)32(27(35)36-22)20-10-4-5-11-20)24(28-23-12-6-7-13-31(23)25)30-16-14-29(15-17-30)19-8-2-1-3-9-19/h1-3,6-9,12-13,18,20H,4-5,10-11,14-17H2.